The molecule has 0 heterocycles. The van der Waals surface area contributed by atoms with Gasteiger partial charge in [-0.25, -0.2) is 4.79 Å². The van der Waals surface area contributed by atoms with E-state index in [1.165, 1.54) is 0 Å². The van der Waals surface area contributed by atoms with E-state index in [-0.39, 0.29) is 11.8 Å². The third-order valence-corrected chi connectivity index (χ3v) is 3.46. The standard InChI is InChI=1S/C15H21NO3S/c1-10(2)8-13(15(18)19)16-14(17)12-6-4-11(5-7-12)9-20-3/h4-7,10,13H,8-9H2,1-3H3,(H,16,17)(H,18,19)/t13-/m1/s1. The summed E-state index contributed by atoms with van der Waals surface area (Å²) in [6, 6.07) is 6.41. The topological polar surface area (TPSA) is 66.4 Å². The lowest BCUT2D eigenvalue weighted by Gasteiger charge is -2.16. The van der Waals surface area contributed by atoms with Gasteiger partial charge in [0.1, 0.15) is 6.04 Å². The highest BCUT2D eigenvalue weighted by molar-refractivity contribution is 7.97. The molecule has 0 spiro atoms. The molecule has 0 aliphatic carbocycles. The van der Waals surface area contributed by atoms with Crippen LogP contribution < -0.4 is 5.32 Å². The Bertz CT molecular complexity index is 457. The summed E-state index contributed by atoms with van der Waals surface area (Å²) < 4.78 is 0. The lowest BCUT2D eigenvalue weighted by atomic mass is 10.0. The minimum atomic E-state index is -0.994. The van der Waals surface area contributed by atoms with Crippen molar-refractivity contribution in [2.45, 2.75) is 32.1 Å². The minimum absolute atomic E-state index is 0.209. The van der Waals surface area contributed by atoms with Crippen LogP contribution in [-0.4, -0.2) is 29.3 Å². The van der Waals surface area contributed by atoms with Crippen LogP contribution in [0.1, 0.15) is 36.2 Å². The highest BCUT2D eigenvalue weighted by atomic mass is 32.2. The van der Waals surface area contributed by atoms with Crippen LogP contribution in [0.25, 0.3) is 0 Å². The number of carboxylic acid groups (broad SMARTS) is 1. The number of amides is 1. The van der Waals surface area contributed by atoms with Gasteiger partial charge in [-0.2, -0.15) is 11.8 Å². The lowest BCUT2D eigenvalue weighted by molar-refractivity contribution is -0.139. The monoisotopic (exact) mass is 295 g/mol. The molecule has 110 valence electrons. The minimum Gasteiger partial charge on any atom is -0.480 e. The van der Waals surface area contributed by atoms with E-state index in [1.807, 2.05) is 32.2 Å². The number of carbonyl (C=O) groups is 2. The molecule has 1 amide bonds. The van der Waals surface area contributed by atoms with Crippen LogP contribution in [0, 0.1) is 5.92 Å². The van der Waals surface area contributed by atoms with Gasteiger partial charge in [0.15, 0.2) is 0 Å². The van der Waals surface area contributed by atoms with Gasteiger partial charge in [0, 0.05) is 11.3 Å². The maximum Gasteiger partial charge on any atom is 0.326 e. The molecule has 1 aromatic rings. The lowest BCUT2D eigenvalue weighted by Crippen LogP contribution is -2.41. The Morgan fingerprint density at radius 3 is 2.30 bits per heavy atom. The Balaban J connectivity index is 2.70. The van der Waals surface area contributed by atoms with Crippen LogP contribution in [0.4, 0.5) is 0 Å². The predicted octanol–water partition coefficient (Wildman–Crippen LogP) is 2.78. The molecule has 0 aliphatic rings. The summed E-state index contributed by atoms with van der Waals surface area (Å²) in [6.45, 7) is 3.86. The van der Waals surface area contributed by atoms with Crippen molar-refractivity contribution in [2.24, 2.45) is 5.92 Å². The highest BCUT2D eigenvalue weighted by Gasteiger charge is 2.21. The molecule has 1 atom stereocenters. The van der Waals surface area contributed by atoms with E-state index in [9.17, 15) is 9.59 Å². The summed E-state index contributed by atoms with van der Waals surface area (Å²) >= 11 is 1.71. The van der Waals surface area contributed by atoms with Crippen LogP contribution >= 0.6 is 11.8 Å². The number of carboxylic acids is 1. The Labute approximate surface area is 124 Å². The van der Waals surface area contributed by atoms with Crippen molar-refractivity contribution in [3.05, 3.63) is 35.4 Å². The third kappa shape index (κ3) is 5.25. The van der Waals surface area contributed by atoms with Crippen LogP contribution in [0.2, 0.25) is 0 Å². The number of hydrogen-bond acceptors (Lipinski definition) is 3. The molecule has 0 saturated carbocycles. The van der Waals surface area contributed by atoms with Crippen molar-refractivity contribution < 1.29 is 14.7 Å². The first-order chi connectivity index (χ1) is 9.43. The van der Waals surface area contributed by atoms with Crippen molar-refractivity contribution in [1.82, 2.24) is 5.32 Å². The van der Waals surface area contributed by atoms with Crippen molar-refractivity contribution in [1.29, 1.82) is 0 Å². The smallest absolute Gasteiger partial charge is 0.326 e. The fourth-order valence-corrected chi connectivity index (χ4v) is 2.38. The van der Waals surface area contributed by atoms with Gasteiger partial charge in [0.05, 0.1) is 0 Å². The zero-order valence-electron chi connectivity index (χ0n) is 12.1. The van der Waals surface area contributed by atoms with Gasteiger partial charge in [-0.15, -0.1) is 0 Å². The Morgan fingerprint density at radius 1 is 1.25 bits per heavy atom. The summed E-state index contributed by atoms with van der Waals surface area (Å²) in [6.07, 6.45) is 2.44. The number of nitrogens with one attached hydrogen (secondary N) is 1. The molecule has 4 nitrogen and oxygen atoms in total. The second-order valence-corrected chi connectivity index (χ2v) is 5.99. The second kappa shape index (κ2) is 7.94. The van der Waals surface area contributed by atoms with E-state index in [0.29, 0.717) is 12.0 Å². The SMILES string of the molecule is CSCc1ccc(C(=O)N[C@H](CC(C)C)C(=O)O)cc1. The number of rotatable bonds is 7. The first-order valence-corrected chi connectivity index (χ1v) is 7.95. The van der Waals surface area contributed by atoms with Crippen molar-refractivity contribution in [3.63, 3.8) is 0 Å². The van der Waals surface area contributed by atoms with Gasteiger partial charge in [0.25, 0.3) is 5.91 Å². The normalized spacial score (nSPS) is 12.2. The fraction of sp³-hybridized carbons (Fsp3) is 0.467. The van der Waals surface area contributed by atoms with Crippen LogP contribution in [-0.2, 0) is 10.5 Å². The Morgan fingerprint density at radius 2 is 1.85 bits per heavy atom. The van der Waals surface area contributed by atoms with Crippen molar-refractivity contribution >= 4 is 23.6 Å². The van der Waals surface area contributed by atoms with E-state index in [1.54, 1.807) is 23.9 Å². The van der Waals surface area contributed by atoms with E-state index >= 15 is 0 Å². The predicted molar refractivity (Wildman–Crippen MR) is 82.0 cm³/mol. The first kappa shape index (κ1) is 16.6. The molecule has 0 bridgehead atoms. The van der Waals surface area contributed by atoms with Crippen LogP contribution in [0.3, 0.4) is 0 Å². The molecule has 1 rings (SSSR count). The average Bonchev–Trinajstić information content (AvgIpc) is 2.38. The van der Waals surface area contributed by atoms with Gasteiger partial charge in [-0.1, -0.05) is 26.0 Å². The van der Waals surface area contributed by atoms with Gasteiger partial charge in [-0.05, 0) is 36.3 Å². The maximum absolute atomic E-state index is 12.0. The molecule has 5 heteroatoms. The number of carbonyl (C=O) groups excluding carboxylic acids is 1. The van der Waals surface area contributed by atoms with E-state index in [0.717, 1.165) is 11.3 Å². The summed E-state index contributed by atoms with van der Waals surface area (Å²) in [7, 11) is 0. The molecule has 1 aromatic carbocycles. The quantitative estimate of drug-likeness (QED) is 0.811. The highest BCUT2D eigenvalue weighted by Crippen LogP contribution is 2.11. The molecular weight excluding hydrogens is 274 g/mol. The summed E-state index contributed by atoms with van der Waals surface area (Å²) in [5.41, 5.74) is 1.64. The largest absolute Gasteiger partial charge is 0.480 e. The Hall–Kier alpha value is -1.49. The fourth-order valence-electron chi connectivity index (χ4n) is 1.85. The molecule has 20 heavy (non-hydrogen) atoms. The zero-order valence-corrected chi connectivity index (χ0v) is 12.9. The average molecular weight is 295 g/mol. The zero-order chi connectivity index (χ0) is 15.1. The number of benzene rings is 1. The number of hydrogen-bond donors (Lipinski definition) is 2. The first-order valence-electron chi connectivity index (χ1n) is 6.55. The maximum atomic E-state index is 12.0. The molecule has 0 fully saturated rings. The summed E-state index contributed by atoms with van der Waals surface area (Å²) in [5, 5.41) is 11.7. The molecular formula is C15H21NO3S. The summed E-state index contributed by atoms with van der Waals surface area (Å²) in [5.74, 6) is -0.229. The van der Waals surface area contributed by atoms with Gasteiger partial charge < -0.3 is 10.4 Å². The molecule has 0 radical (unpaired) electrons. The molecule has 0 saturated heterocycles. The van der Waals surface area contributed by atoms with Gasteiger partial charge in [0.2, 0.25) is 0 Å². The molecule has 0 aliphatic heterocycles. The van der Waals surface area contributed by atoms with E-state index in [2.05, 4.69) is 5.32 Å². The molecule has 0 aromatic heterocycles. The summed E-state index contributed by atoms with van der Waals surface area (Å²) in [4.78, 5) is 23.2. The van der Waals surface area contributed by atoms with Gasteiger partial charge in [-0.3, -0.25) is 4.79 Å². The van der Waals surface area contributed by atoms with Crippen LogP contribution in [0.15, 0.2) is 24.3 Å². The third-order valence-electron chi connectivity index (χ3n) is 2.84. The number of aliphatic carboxylic acids is 1. The second-order valence-electron chi connectivity index (χ2n) is 5.12. The van der Waals surface area contributed by atoms with Gasteiger partial charge >= 0.3 is 5.97 Å². The molecule has 0 unspecified atom stereocenters. The van der Waals surface area contributed by atoms with E-state index in [4.69, 9.17) is 5.11 Å². The van der Waals surface area contributed by atoms with Crippen molar-refractivity contribution in [2.75, 3.05) is 6.26 Å². The molecule has 2 N–H and O–H groups in total. The Kier molecular flexibility index (Phi) is 6.58. The van der Waals surface area contributed by atoms with Crippen LogP contribution in [0.5, 0.6) is 0 Å². The van der Waals surface area contributed by atoms with E-state index < -0.39 is 12.0 Å². The van der Waals surface area contributed by atoms with Crippen molar-refractivity contribution in [3.8, 4) is 0 Å². The number of thioether (sulfide) groups is 1.